The first-order valence-electron chi connectivity index (χ1n) is 12.5. The minimum absolute atomic E-state index is 0.0484. The maximum absolute atomic E-state index is 13.8. The van der Waals surface area contributed by atoms with Crippen LogP contribution in [0.1, 0.15) is 54.7 Å². The molecule has 37 heavy (non-hydrogen) atoms. The quantitative estimate of drug-likeness (QED) is 0.332. The topological polar surface area (TPSA) is 70.6 Å². The van der Waals surface area contributed by atoms with Crippen molar-refractivity contribution in [1.29, 1.82) is 0 Å². The Morgan fingerprint density at radius 3 is 2.30 bits per heavy atom. The largest absolute Gasteiger partial charge is 0.488 e. The fourth-order valence-corrected chi connectivity index (χ4v) is 4.04. The van der Waals surface area contributed by atoms with Gasteiger partial charge in [-0.15, -0.1) is 0 Å². The number of carbonyl (C=O) groups is 1. The van der Waals surface area contributed by atoms with E-state index in [0.29, 0.717) is 23.4 Å². The summed E-state index contributed by atoms with van der Waals surface area (Å²) in [5.41, 5.74) is 2.55. The number of aliphatic hydroxyl groups is 1. The van der Waals surface area contributed by atoms with E-state index in [1.165, 1.54) is 17.7 Å². The number of aliphatic hydroxyl groups excluding tert-OH is 1. The molecule has 1 amide bonds. The van der Waals surface area contributed by atoms with E-state index in [4.69, 9.17) is 4.74 Å². The van der Waals surface area contributed by atoms with E-state index >= 15 is 0 Å². The lowest BCUT2D eigenvalue weighted by molar-refractivity contribution is 0.0828. The standard InChI is InChI=1S/C30H36F2N2O3/c1-5-20-8-6-9-21(12-20)18-33-19-28(35)27(15-22-13-24(31)17-25(32)14-22)34-29(36)23-10-7-11-26(16-23)37-30(2,3)4/h6-14,16-17,27-28,33,35H,5,15,18-19H2,1-4H3,(H,34,36). The molecule has 0 heterocycles. The monoisotopic (exact) mass is 510 g/mol. The summed E-state index contributed by atoms with van der Waals surface area (Å²) in [4.78, 5) is 13.1. The number of hydrogen-bond donors (Lipinski definition) is 3. The van der Waals surface area contributed by atoms with Crippen LogP contribution in [0.25, 0.3) is 0 Å². The average molecular weight is 511 g/mol. The molecule has 2 unspecified atom stereocenters. The number of halogens is 2. The van der Waals surface area contributed by atoms with E-state index in [1.807, 2.05) is 32.9 Å². The van der Waals surface area contributed by atoms with Crippen molar-refractivity contribution in [2.45, 2.75) is 64.8 Å². The highest BCUT2D eigenvalue weighted by atomic mass is 19.1. The molecule has 0 spiro atoms. The Morgan fingerprint density at radius 1 is 0.946 bits per heavy atom. The van der Waals surface area contributed by atoms with Crippen LogP contribution in [0.2, 0.25) is 0 Å². The Hall–Kier alpha value is -3.29. The van der Waals surface area contributed by atoms with Crippen LogP contribution in [0.3, 0.4) is 0 Å². The summed E-state index contributed by atoms with van der Waals surface area (Å²) < 4.78 is 33.5. The second kappa shape index (κ2) is 12.8. The van der Waals surface area contributed by atoms with Gasteiger partial charge in [-0.25, -0.2) is 8.78 Å². The summed E-state index contributed by atoms with van der Waals surface area (Å²) >= 11 is 0. The van der Waals surface area contributed by atoms with Crippen LogP contribution in [-0.4, -0.2) is 35.3 Å². The number of hydrogen-bond acceptors (Lipinski definition) is 4. The van der Waals surface area contributed by atoms with Gasteiger partial charge in [-0.3, -0.25) is 4.79 Å². The van der Waals surface area contributed by atoms with Crippen molar-refractivity contribution in [3.05, 3.63) is 101 Å². The molecule has 0 bridgehead atoms. The van der Waals surface area contributed by atoms with Gasteiger partial charge in [0.25, 0.3) is 5.91 Å². The Morgan fingerprint density at radius 2 is 1.62 bits per heavy atom. The van der Waals surface area contributed by atoms with Gasteiger partial charge >= 0.3 is 0 Å². The van der Waals surface area contributed by atoms with E-state index in [-0.39, 0.29) is 13.0 Å². The molecule has 3 N–H and O–H groups in total. The molecule has 0 radical (unpaired) electrons. The fourth-order valence-electron chi connectivity index (χ4n) is 4.04. The van der Waals surface area contributed by atoms with Crippen LogP contribution < -0.4 is 15.4 Å². The summed E-state index contributed by atoms with van der Waals surface area (Å²) in [7, 11) is 0. The number of aryl methyl sites for hydroxylation is 1. The van der Waals surface area contributed by atoms with Crippen LogP contribution in [0.4, 0.5) is 8.78 Å². The zero-order valence-electron chi connectivity index (χ0n) is 21.9. The first-order valence-corrected chi connectivity index (χ1v) is 12.5. The predicted molar refractivity (Wildman–Crippen MR) is 142 cm³/mol. The molecule has 0 aliphatic carbocycles. The van der Waals surface area contributed by atoms with Crippen LogP contribution in [0.5, 0.6) is 5.75 Å². The maximum Gasteiger partial charge on any atom is 0.251 e. The molecule has 0 fully saturated rings. The van der Waals surface area contributed by atoms with Crippen LogP contribution in [-0.2, 0) is 19.4 Å². The minimum atomic E-state index is -1.02. The molecule has 198 valence electrons. The molecule has 0 aliphatic heterocycles. The number of benzene rings is 3. The van der Waals surface area contributed by atoms with Crippen molar-refractivity contribution in [3.63, 3.8) is 0 Å². The fraction of sp³-hybridized carbons (Fsp3) is 0.367. The van der Waals surface area contributed by atoms with E-state index in [1.54, 1.807) is 24.3 Å². The molecule has 3 rings (SSSR count). The first kappa shape index (κ1) is 28.3. The van der Waals surface area contributed by atoms with Crippen molar-refractivity contribution >= 4 is 5.91 Å². The van der Waals surface area contributed by atoms with E-state index in [0.717, 1.165) is 18.1 Å². The van der Waals surface area contributed by atoms with Crippen LogP contribution in [0, 0.1) is 11.6 Å². The van der Waals surface area contributed by atoms with Gasteiger partial charge in [0, 0.05) is 24.7 Å². The molecule has 0 aliphatic rings. The third-order valence-electron chi connectivity index (χ3n) is 5.76. The SMILES string of the molecule is CCc1cccc(CNCC(O)C(Cc2cc(F)cc(F)c2)NC(=O)c2cccc(OC(C)(C)C)c2)c1. The van der Waals surface area contributed by atoms with Gasteiger partial charge in [-0.05, 0) is 80.6 Å². The number of rotatable bonds is 11. The van der Waals surface area contributed by atoms with Crippen molar-refractivity contribution in [3.8, 4) is 5.75 Å². The first-order chi connectivity index (χ1) is 17.5. The van der Waals surface area contributed by atoms with Crippen molar-refractivity contribution in [2.24, 2.45) is 0 Å². The zero-order chi connectivity index (χ0) is 27.0. The van der Waals surface area contributed by atoms with Gasteiger partial charge in [-0.2, -0.15) is 0 Å². The second-order valence-corrected chi connectivity index (χ2v) is 10.2. The smallest absolute Gasteiger partial charge is 0.251 e. The van der Waals surface area contributed by atoms with Gasteiger partial charge in [0.1, 0.15) is 23.0 Å². The molecule has 0 saturated carbocycles. The molecule has 0 saturated heterocycles. The van der Waals surface area contributed by atoms with Crippen molar-refractivity contribution in [1.82, 2.24) is 10.6 Å². The molecule has 0 aromatic heterocycles. The summed E-state index contributed by atoms with van der Waals surface area (Å²) in [6, 6.07) is 17.3. The molecule has 2 atom stereocenters. The Kier molecular flexibility index (Phi) is 9.78. The Labute approximate surface area is 217 Å². The van der Waals surface area contributed by atoms with E-state index < -0.39 is 35.3 Å². The van der Waals surface area contributed by atoms with Crippen LogP contribution >= 0.6 is 0 Å². The molecule has 3 aromatic rings. The molecular weight excluding hydrogens is 474 g/mol. The van der Waals surface area contributed by atoms with E-state index in [9.17, 15) is 18.7 Å². The summed E-state index contributed by atoms with van der Waals surface area (Å²) in [6.45, 7) is 8.53. The van der Waals surface area contributed by atoms with Crippen LogP contribution in [0.15, 0.2) is 66.7 Å². The molecule has 3 aromatic carbocycles. The van der Waals surface area contributed by atoms with Gasteiger partial charge in [0.2, 0.25) is 0 Å². The summed E-state index contributed by atoms with van der Waals surface area (Å²) in [5.74, 6) is -1.30. The highest BCUT2D eigenvalue weighted by Gasteiger charge is 2.23. The summed E-state index contributed by atoms with van der Waals surface area (Å²) in [6.07, 6.45) is -0.0394. The normalized spacial score (nSPS) is 13.2. The van der Waals surface area contributed by atoms with Gasteiger partial charge < -0.3 is 20.5 Å². The third kappa shape index (κ3) is 9.26. The van der Waals surface area contributed by atoms with Gasteiger partial charge in [0.05, 0.1) is 12.1 Å². The molecule has 5 nitrogen and oxygen atoms in total. The summed E-state index contributed by atoms with van der Waals surface area (Å²) in [5, 5.41) is 17.1. The maximum atomic E-state index is 13.8. The van der Waals surface area contributed by atoms with Gasteiger partial charge in [0.15, 0.2) is 0 Å². The highest BCUT2D eigenvalue weighted by molar-refractivity contribution is 5.94. The number of carbonyl (C=O) groups excluding carboxylic acids is 1. The number of amides is 1. The van der Waals surface area contributed by atoms with E-state index in [2.05, 4.69) is 29.7 Å². The minimum Gasteiger partial charge on any atom is -0.488 e. The number of ether oxygens (including phenoxy) is 1. The number of nitrogens with one attached hydrogen (secondary N) is 2. The third-order valence-corrected chi connectivity index (χ3v) is 5.76. The second-order valence-electron chi connectivity index (χ2n) is 10.2. The Bertz CT molecular complexity index is 1170. The van der Waals surface area contributed by atoms with Gasteiger partial charge in [-0.1, -0.05) is 37.3 Å². The highest BCUT2D eigenvalue weighted by Crippen LogP contribution is 2.20. The lowest BCUT2D eigenvalue weighted by atomic mass is 10.00. The predicted octanol–water partition coefficient (Wildman–Crippen LogP) is 5.20. The zero-order valence-corrected chi connectivity index (χ0v) is 21.9. The Balaban J connectivity index is 1.73. The average Bonchev–Trinajstić information content (AvgIpc) is 2.82. The lowest BCUT2D eigenvalue weighted by Gasteiger charge is -2.25. The molecular formula is C30H36F2N2O3. The van der Waals surface area contributed by atoms with Crippen molar-refractivity contribution < 1.29 is 23.4 Å². The lowest BCUT2D eigenvalue weighted by Crippen LogP contribution is -2.48. The van der Waals surface area contributed by atoms with Crippen molar-refractivity contribution in [2.75, 3.05) is 6.54 Å². The molecule has 7 heteroatoms.